The van der Waals surface area contributed by atoms with E-state index in [2.05, 4.69) is 11.7 Å². The molecule has 0 spiro atoms. The Balaban J connectivity index is 0. The molecule has 0 aliphatic carbocycles. The summed E-state index contributed by atoms with van der Waals surface area (Å²) in [6.45, 7) is 7.19. The quantitative estimate of drug-likeness (QED) is 0.602. The summed E-state index contributed by atoms with van der Waals surface area (Å²) in [5, 5.41) is 0. The minimum atomic E-state index is 0.176. The molecule has 4 nitrogen and oxygen atoms in total. The number of unbranched alkanes of at least 4 members (excludes halogenated alkanes) is 1. The van der Waals surface area contributed by atoms with E-state index < -0.39 is 0 Å². The van der Waals surface area contributed by atoms with Gasteiger partial charge in [0.2, 0.25) is 0 Å². The van der Waals surface area contributed by atoms with Crippen molar-refractivity contribution in [3.05, 3.63) is 0 Å². The maximum atomic E-state index is 5.28. The lowest BCUT2D eigenvalue weighted by atomic mass is 10.4. The van der Waals surface area contributed by atoms with Gasteiger partial charge >= 0.3 is 0 Å². The number of ether oxygens (including phenoxy) is 2. The van der Waals surface area contributed by atoms with Gasteiger partial charge in [-0.25, -0.2) is 0 Å². The Morgan fingerprint density at radius 3 is 2.13 bits per heavy atom. The Bertz CT molecular complexity index is 94.6. The van der Waals surface area contributed by atoms with Crippen LogP contribution in [0.5, 0.6) is 0 Å². The second-order valence-corrected chi connectivity index (χ2v) is 3.54. The summed E-state index contributed by atoms with van der Waals surface area (Å²) in [6, 6.07) is 0.176. The zero-order valence-corrected chi connectivity index (χ0v) is 10.5. The number of hydrogen-bond acceptors (Lipinski definition) is 4. The Morgan fingerprint density at radius 2 is 1.80 bits per heavy atom. The lowest BCUT2D eigenvalue weighted by Gasteiger charge is -1.99. The van der Waals surface area contributed by atoms with E-state index in [4.69, 9.17) is 16.2 Å². The third kappa shape index (κ3) is 24.8. The minimum absolute atomic E-state index is 0.176. The van der Waals surface area contributed by atoms with Crippen molar-refractivity contribution in [3.8, 4) is 0 Å². The molecular formula is C11H28N2O2. The topological polar surface area (TPSA) is 70.5 Å². The van der Waals surface area contributed by atoms with E-state index in [0.29, 0.717) is 6.61 Å². The van der Waals surface area contributed by atoms with Crippen molar-refractivity contribution in [2.24, 2.45) is 11.5 Å². The third-order valence-corrected chi connectivity index (χ3v) is 1.56. The summed E-state index contributed by atoms with van der Waals surface area (Å²) in [5.41, 5.74) is 10.5. The predicted molar refractivity (Wildman–Crippen MR) is 64.9 cm³/mol. The maximum Gasteiger partial charge on any atom is 0.0611 e. The van der Waals surface area contributed by atoms with Crippen LogP contribution in [0.15, 0.2) is 0 Å². The second kappa shape index (κ2) is 16.3. The summed E-state index contributed by atoms with van der Waals surface area (Å²) in [6.07, 6.45) is 3.37. The molecule has 94 valence electrons. The SMILES string of the molecule is CCCCOCCCN.COCC(C)N. The summed E-state index contributed by atoms with van der Waals surface area (Å²) in [4.78, 5) is 0. The molecule has 0 aromatic heterocycles. The van der Waals surface area contributed by atoms with Gasteiger partial charge in [0.25, 0.3) is 0 Å². The molecule has 1 unspecified atom stereocenters. The molecule has 0 aromatic carbocycles. The molecule has 0 aliphatic rings. The predicted octanol–water partition coefficient (Wildman–Crippen LogP) is 1.13. The number of nitrogens with two attached hydrogens (primary N) is 2. The van der Waals surface area contributed by atoms with Crippen molar-refractivity contribution in [1.82, 2.24) is 0 Å². The summed E-state index contributed by atoms with van der Waals surface area (Å²) in [5.74, 6) is 0. The average molecular weight is 220 g/mol. The van der Waals surface area contributed by atoms with E-state index in [0.717, 1.165) is 26.2 Å². The molecule has 4 heteroatoms. The van der Waals surface area contributed by atoms with Crippen LogP contribution in [0.4, 0.5) is 0 Å². The van der Waals surface area contributed by atoms with E-state index in [9.17, 15) is 0 Å². The molecule has 1 atom stereocenters. The Morgan fingerprint density at radius 1 is 1.20 bits per heavy atom. The standard InChI is InChI=1S/C7H17NO.C4H11NO/c1-2-3-6-9-7-4-5-8;1-4(5)3-6-2/h2-8H2,1H3;4H,3,5H2,1-2H3. The monoisotopic (exact) mass is 220 g/mol. The summed E-state index contributed by atoms with van der Waals surface area (Å²) < 4.78 is 9.91. The molecule has 0 saturated carbocycles. The summed E-state index contributed by atoms with van der Waals surface area (Å²) in [7, 11) is 1.64. The highest BCUT2D eigenvalue weighted by atomic mass is 16.5. The minimum Gasteiger partial charge on any atom is -0.383 e. The van der Waals surface area contributed by atoms with Gasteiger partial charge in [0, 0.05) is 26.4 Å². The van der Waals surface area contributed by atoms with Gasteiger partial charge in [-0.1, -0.05) is 13.3 Å². The van der Waals surface area contributed by atoms with Crippen LogP contribution in [0.25, 0.3) is 0 Å². The van der Waals surface area contributed by atoms with Crippen molar-refractivity contribution in [2.75, 3.05) is 33.5 Å². The highest BCUT2D eigenvalue weighted by molar-refractivity contribution is 4.45. The fourth-order valence-corrected chi connectivity index (χ4v) is 0.797. The molecule has 0 aromatic rings. The van der Waals surface area contributed by atoms with Crippen molar-refractivity contribution in [1.29, 1.82) is 0 Å². The molecule has 0 heterocycles. The molecule has 0 aliphatic heterocycles. The van der Waals surface area contributed by atoms with E-state index in [1.807, 2.05) is 6.92 Å². The zero-order valence-electron chi connectivity index (χ0n) is 10.5. The van der Waals surface area contributed by atoms with Crippen LogP contribution < -0.4 is 11.5 Å². The van der Waals surface area contributed by atoms with E-state index in [1.54, 1.807) is 7.11 Å². The molecule has 0 radical (unpaired) electrons. The van der Waals surface area contributed by atoms with Gasteiger partial charge in [0.15, 0.2) is 0 Å². The lowest BCUT2D eigenvalue weighted by molar-refractivity contribution is 0.130. The smallest absolute Gasteiger partial charge is 0.0611 e. The molecule has 4 N–H and O–H groups in total. The molecule has 0 bridgehead atoms. The molecule has 0 amide bonds. The van der Waals surface area contributed by atoms with Crippen molar-refractivity contribution >= 4 is 0 Å². The molecular weight excluding hydrogens is 192 g/mol. The van der Waals surface area contributed by atoms with Gasteiger partial charge in [0.05, 0.1) is 6.61 Å². The van der Waals surface area contributed by atoms with Crippen LogP contribution in [-0.4, -0.2) is 39.5 Å². The Hall–Kier alpha value is -0.160. The van der Waals surface area contributed by atoms with Crippen LogP contribution >= 0.6 is 0 Å². The largest absolute Gasteiger partial charge is 0.383 e. The van der Waals surface area contributed by atoms with Crippen molar-refractivity contribution in [3.63, 3.8) is 0 Å². The van der Waals surface area contributed by atoms with Crippen LogP contribution in [0.1, 0.15) is 33.1 Å². The number of hydrogen-bond donors (Lipinski definition) is 2. The zero-order chi connectivity index (χ0) is 11.9. The first-order valence-electron chi connectivity index (χ1n) is 5.71. The van der Waals surface area contributed by atoms with E-state index in [-0.39, 0.29) is 6.04 Å². The summed E-state index contributed by atoms with van der Waals surface area (Å²) >= 11 is 0. The van der Waals surface area contributed by atoms with Gasteiger partial charge in [0.1, 0.15) is 0 Å². The highest BCUT2D eigenvalue weighted by Gasteiger charge is 1.85. The van der Waals surface area contributed by atoms with Gasteiger partial charge in [-0.3, -0.25) is 0 Å². The molecule has 15 heavy (non-hydrogen) atoms. The first-order chi connectivity index (χ1) is 7.18. The van der Waals surface area contributed by atoms with Gasteiger partial charge in [-0.2, -0.15) is 0 Å². The fourth-order valence-electron chi connectivity index (χ4n) is 0.797. The third-order valence-electron chi connectivity index (χ3n) is 1.56. The van der Waals surface area contributed by atoms with Crippen molar-refractivity contribution < 1.29 is 9.47 Å². The Labute approximate surface area is 94.3 Å². The van der Waals surface area contributed by atoms with E-state index >= 15 is 0 Å². The van der Waals surface area contributed by atoms with Gasteiger partial charge in [-0.15, -0.1) is 0 Å². The maximum absolute atomic E-state index is 5.28. The number of rotatable bonds is 8. The molecule has 0 saturated heterocycles. The van der Waals surface area contributed by atoms with Crippen LogP contribution in [-0.2, 0) is 9.47 Å². The highest BCUT2D eigenvalue weighted by Crippen LogP contribution is 1.88. The van der Waals surface area contributed by atoms with Crippen molar-refractivity contribution in [2.45, 2.75) is 39.2 Å². The fraction of sp³-hybridized carbons (Fsp3) is 1.00. The Kier molecular flexibility index (Phi) is 18.7. The van der Waals surface area contributed by atoms with Crippen LogP contribution in [0, 0.1) is 0 Å². The number of methoxy groups -OCH3 is 1. The second-order valence-electron chi connectivity index (χ2n) is 3.54. The first kappa shape index (κ1) is 17.2. The molecule has 0 rings (SSSR count). The van der Waals surface area contributed by atoms with Gasteiger partial charge < -0.3 is 20.9 Å². The van der Waals surface area contributed by atoms with Crippen LogP contribution in [0.3, 0.4) is 0 Å². The molecule has 0 fully saturated rings. The normalized spacial score (nSPS) is 11.8. The average Bonchev–Trinajstić information content (AvgIpc) is 2.18. The van der Waals surface area contributed by atoms with Crippen LogP contribution in [0.2, 0.25) is 0 Å². The first-order valence-corrected chi connectivity index (χ1v) is 5.71. The van der Waals surface area contributed by atoms with E-state index in [1.165, 1.54) is 12.8 Å². The van der Waals surface area contributed by atoms with Gasteiger partial charge in [-0.05, 0) is 26.3 Å². The lowest BCUT2D eigenvalue weighted by Crippen LogP contribution is -2.20.